The van der Waals surface area contributed by atoms with Gasteiger partial charge in [-0.3, -0.25) is 4.98 Å². The Bertz CT molecular complexity index is 466. The number of pyridine rings is 1. The molecule has 2 heterocycles. The number of halogens is 1. The molecule has 0 radical (unpaired) electrons. The van der Waals surface area contributed by atoms with E-state index in [4.69, 9.17) is 5.73 Å². The van der Waals surface area contributed by atoms with Gasteiger partial charge in [-0.05, 0) is 19.1 Å². The van der Waals surface area contributed by atoms with Crippen LogP contribution in [0.1, 0.15) is 22.4 Å². The molecule has 5 heteroatoms. The summed E-state index contributed by atoms with van der Waals surface area (Å²) in [6.45, 7) is 1.95. The molecule has 0 amide bonds. The zero-order chi connectivity index (χ0) is 11.5. The predicted octanol–water partition coefficient (Wildman–Crippen LogP) is 2.23. The quantitative estimate of drug-likeness (QED) is 0.890. The minimum Gasteiger partial charge on any atom is -0.322 e. The number of aromatic nitrogens is 2. The number of thiazole rings is 1. The lowest BCUT2D eigenvalue weighted by Gasteiger charge is -2.08. The van der Waals surface area contributed by atoms with E-state index in [9.17, 15) is 4.39 Å². The van der Waals surface area contributed by atoms with Crippen molar-refractivity contribution in [1.82, 2.24) is 9.97 Å². The average molecular weight is 237 g/mol. The highest BCUT2D eigenvalue weighted by Gasteiger charge is 2.10. The van der Waals surface area contributed by atoms with Crippen LogP contribution in [0.5, 0.6) is 0 Å². The van der Waals surface area contributed by atoms with E-state index < -0.39 is 0 Å². The van der Waals surface area contributed by atoms with E-state index >= 15 is 0 Å². The van der Waals surface area contributed by atoms with Gasteiger partial charge in [0, 0.05) is 11.8 Å². The van der Waals surface area contributed by atoms with Crippen LogP contribution in [0.15, 0.2) is 23.7 Å². The summed E-state index contributed by atoms with van der Waals surface area (Å²) in [4.78, 5) is 8.29. The molecule has 2 aromatic rings. The summed E-state index contributed by atoms with van der Waals surface area (Å²) in [5, 5.41) is 3.01. The van der Waals surface area contributed by atoms with E-state index in [1.165, 1.54) is 12.3 Å². The fourth-order valence-corrected chi connectivity index (χ4v) is 2.06. The number of hydrogen-bond acceptors (Lipinski definition) is 4. The zero-order valence-electron chi connectivity index (χ0n) is 8.85. The standard InChI is InChI=1S/C11H12FN3S/c1-7-15-9(6-16-7)4-10(13)11-3-2-8(12)5-14-11/h2-3,5-6,10H,4,13H2,1H3. The second-order valence-corrected chi connectivity index (χ2v) is 4.63. The van der Waals surface area contributed by atoms with Crippen LogP contribution < -0.4 is 5.73 Å². The molecule has 3 nitrogen and oxygen atoms in total. The van der Waals surface area contributed by atoms with Crippen LogP contribution in [-0.4, -0.2) is 9.97 Å². The highest BCUT2D eigenvalue weighted by Crippen LogP contribution is 2.16. The van der Waals surface area contributed by atoms with Gasteiger partial charge in [-0.1, -0.05) is 0 Å². The molecule has 2 rings (SSSR count). The maximum atomic E-state index is 12.7. The van der Waals surface area contributed by atoms with E-state index in [0.717, 1.165) is 10.7 Å². The molecule has 0 bridgehead atoms. The van der Waals surface area contributed by atoms with Crippen molar-refractivity contribution in [2.45, 2.75) is 19.4 Å². The fraction of sp³-hybridized carbons (Fsp3) is 0.273. The van der Waals surface area contributed by atoms with E-state index in [0.29, 0.717) is 12.1 Å². The third-order valence-electron chi connectivity index (χ3n) is 2.23. The van der Waals surface area contributed by atoms with Crippen molar-refractivity contribution in [3.8, 4) is 0 Å². The van der Waals surface area contributed by atoms with Gasteiger partial charge in [-0.25, -0.2) is 9.37 Å². The number of nitrogens with two attached hydrogens (primary N) is 1. The van der Waals surface area contributed by atoms with Crippen LogP contribution in [0.4, 0.5) is 4.39 Å². The summed E-state index contributed by atoms with van der Waals surface area (Å²) in [5.74, 6) is -0.347. The molecular formula is C11H12FN3S. The Morgan fingerprint density at radius 1 is 1.50 bits per heavy atom. The molecule has 1 unspecified atom stereocenters. The summed E-state index contributed by atoms with van der Waals surface area (Å²) < 4.78 is 12.7. The van der Waals surface area contributed by atoms with Gasteiger partial charge in [0.05, 0.1) is 28.6 Å². The van der Waals surface area contributed by atoms with Crippen LogP contribution in [0.25, 0.3) is 0 Å². The minimum atomic E-state index is -0.347. The molecular weight excluding hydrogens is 225 g/mol. The zero-order valence-corrected chi connectivity index (χ0v) is 9.67. The first-order chi connectivity index (χ1) is 7.65. The van der Waals surface area contributed by atoms with Gasteiger partial charge < -0.3 is 5.73 Å². The van der Waals surface area contributed by atoms with Crippen LogP contribution >= 0.6 is 11.3 Å². The number of hydrogen-bond donors (Lipinski definition) is 1. The summed E-state index contributed by atoms with van der Waals surface area (Å²) >= 11 is 1.60. The Balaban J connectivity index is 2.08. The first kappa shape index (κ1) is 11.2. The molecule has 0 aliphatic rings. The maximum Gasteiger partial charge on any atom is 0.141 e. The summed E-state index contributed by atoms with van der Waals surface area (Å²) in [5.41, 5.74) is 7.61. The van der Waals surface area contributed by atoms with Crippen molar-refractivity contribution in [2.24, 2.45) is 5.73 Å². The molecule has 0 saturated heterocycles. The molecule has 84 valence electrons. The van der Waals surface area contributed by atoms with Gasteiger partial charge >= 0.3 is 0 Å². The summed E-state index contributed by atoms with van der Waals surface area (Å²) in [6.07, 6.45) is 1.81. The van der Waals surface area contributed by atoms with Gasteiger partial charge in [-0.15, -0.1) is 11.3 Å². The second kappa shape index (κ2) is 4.67. The lowest BCUT2D eigenvalue weighted by Crippen LogP contribution is -2.15. The Morgan fingerprint density at radius 3 is 2.88 bits per heavy atom. The van der Waals surface area contributed by atoms with Crippen LogP contribution in [0.3, 0.4) is 0 Å². The Labute approximate surface area is 97.2 Å². The topological polar surface area (TPSA) is 51.8 Å². The second-order valence-electron chi connectivity index (χ2n) is 3.57. The maximum absolute atomic E-state index is 12.7. The number of aryl methyl sites for hydroxylation is 1. The average Bonchev–Trinajstić information content (AvgIpc) is 2.65. The highest BCUT2D eigenvalue weighted by atomic mass is 32.1. The molecule has 0 fully saturated rings. The van der Waals surface area contributed by atoms with Gasteiger partial charge in [0.2, 0.25) is 0 Å². The van der Waals surface area contributed by atoms with Gasteiger partial charge in [-0.2, -0.15) is 0 Å². The summed E-state index contributed by atoms with van der Waals surface area (Å²) in [6, 6.07) is 2.75. The van der Waals surface area contributed by atoms with Crippen molar-refractivity contribution >= 4 is 11.3 Å². The van der Waals surface area contributed by atoms with Crippen molar-refractivity contribution in [3.05, 3.63) is 45.9 Å². The van der Waals surface area contributed by atoms with Crippen molar-refractivity contribution < 1.29 is 4.39 Å². The lowest BCUT2D eigenvalue weighted by molar-refractivity contribution is 0.611. The smallest absolute Gasteiger partial charge is 0.141 e. The number of nitrogens with zero attached hydrogens (tertiary/aromatic N) is 2. The number of rotatable bonds is 3. The first-order valence-corrected chi connectivity index (χ1v) is 5.81. The molecule has 0 aliphatic carbocycles. The van der Waals surface area contributed by atoms with E-state index in [2.05, 4.69) is 9.97 Å². The van der Waals surface area contributed by atoms with Crippen LogP contribution in [0, 0.1) is 12.7 Å². The van der Waals surface area contributed by atoms with Crippen LogP contribution in [0.2, 0.25) is 0 Å². The van der Waals surface area contributed by atoms with Crippen molar-refractivity contribution in [1.29, 1.82) is 0 Å². The minimum absolute atomic E-state index is 0.234. The molecule has 0 aliphatic heterocycles. The fourth-order valence-electron chi connectivity index (χ4n) is 1.44. The summed E-state index contributed by atoms with van der Waals surface area (Å²) in [7, 11) is 0. The predicted molar refractivity (Wildman–Crippen MR) is 61.7 cm³/mol. The highest BCUT2D eigenvalue weighted by molar-refractivity contribution is 7.09. The molecule has 1 atom stereocenters. The van der Waals surface area contributed by atoms with Crippen molar-refractivity contribution in [3.63, 3.8) is 0 Å². The van der Waals surface area contributed by atoms with Crippen LogP contribution in [-0.2, 0) is 6.42 Å². The lowest BCUT2D eigenvalue weighted by atomic mass is 10.1. The van der Waals surface area contributed by atoms with E-state index in [1.54, 1.807) is 17.4 Å². The molecule has 0 spiro atoms. The van der Waals surface area contributed by atoms with Gasteiger partial charge in [0.1, 0.15) is 5.82 Å². The first-order valence-electron chi connectivity index (χ1n) is 4.93. The molecule has 0 aromatic carbocycles. The third kappa shape index (κ3) is 2.62. The molecule has 0 saturated carbocycles. The normalized spacial score (nSPS) is 12.7. The monoisotopic (exact) mass is 237 g/mol. The van der Waals surface area contributed by atoms with Gasteiger partial charge in [0.15, 0.2) is 0 Å². The van der Waals surface area contributed by atoms with Crippen molar-refractivity contribution in [2.75, 3.05) is 0 Å². The van der Waals surface area contributed by atoms with Gasteiger partial charge in [0.25, 0.3) is 0 Å². The Morgan fingerprint density at radius 2 is 2.31 bits per heavy atom. The molecule has 2 aromatic heterocycles. The van der Waals surface area contributed by atoms with E-state index in [1.807, 2.05) is 12.3 Å². The largest absolute Gasteiger partial charge is 0.322 e. The third-order valence-corrected chi connectivity index (χ3v) is 3.05. The Kier molecular flexibility index (Phi) is 3.26. The van der Waals surface area contributed by atoms with E-state index in [-0.39, 0.29) is 11.9 Å². The SMILES string of the molecule is Cc1nc(CC(N)c2ccc(F)cn2)cs1. The molecule has 16 heavy (non-hydrogen) atoms. The molecule has 2 N–H and O–H groups in total. The Hall–Kier alpha value is -1.33.